The molecule has 0 N–H and O–H groups in total. The molecule has 0 atom stereocenters. The van der Waals surface area contributed by atoms with E-state index in [0.717, 1.165) is 11.1 Å². The Kier molecular flexibility index (Phi) is 3.85. The monoisotopic (exact) mass is 262 g/mol. The van der Waals surface area contributed by atoms with E-state index in [-0.39, 0.29) is 5.97 Å². The Hall–Kier alpha value is -2.00. The first-order valence-electron chi connectivity index (χ1n) is 5.38. The molecule has 0 fully saturated rings. The molecule has 0 aromatic heterocycles. The maximum atomic E-state index is 11.1. The first-order valence-corrected chi connectivity index (χ1v) is 5.68. The highest BCUT2D eigenvalue weighted by atomic mass is 35.5. The molecule has 92 valence electrons. The van der Waals surface area contributed by atoms with Gasteiger partial charge in [0.25, 0.3) is 0 Å². The lowest BCUT2D eigenvalue weighted by Gasteiger charge is -2.10. The highest BCUT2D eigenvalue weighted by Crippen LogP contribution is 2.36. The van der Waals surface area contributed by atoms with Gasteiger partial charge in [0, 0.05) is 18.1 Å². The lowest BCUT2D eigenvalue weighted by Crippen LogP contribution is -2.02. The number of benzene rings is 2. The van der Waals surface area contributed by atoms with E-state index in [1.165, 1.54) is 6.92 Å². The minimum absolute atomic E-state index is 0.369. The zero-order chi connectivity index (χ0) is 13.0. The number of carbonyl (C=O) groups is 1. The van der Waals surface area contributed by atoms with Gasteiger partial charge in [0.05, 0.1) is 0 Å². The molecule has 2 rings (SSSR count). The van der Waals surface area contributed by atoms with Gasteiger partial charge >= 0.3 is 5.97 Å². The van der Waals surface area contributed by atoms with Gasteiger partial charge in [-0.3, -0.25) is 4.79 Å². The summed E-state index contributed by atoms with van der Waals surface area (Å²) in [5, 5.41) is 0. The molecule has 0 aliphatic heterocycles. The van der Waals surface area contributed by atoms with Crippen LogP contribution < -0.4 is 9.03 Å². The van der Waals surface area contributed by atoms with Crippen LogP contribution in [-0.4, -0.2) is 5.97 Å². The standard InChI is InChI=1S/C14H11ClO3/c1-10(16)17-13-8-4-2-6-11(13)12-7-3-5-9-14(12)18-15/h2-9H,1H3. The third-order valence-corrected chi connectivity index (χ3v) is 2.57. The predicted octanol–water partition coefficient (Wildman–Crippen LogP) is 3.81. The predicted molar refractivity (Wildman–Crippen MR) is 69.7 cm³/mol. The van der Waals surface area contributed by atoms with Crippen LogP contribution >= 0.6 is 11.9 Å². The summed E-state index contributed by atoms with van der Waals surface area (Å²) in [5.74, 6) is 0.622. The van der Waals surface area contributed by atoms with E-state index in [9.17, 15) is 4.79 Å². The summed E-state index contributed by atoms with van der Waals surface area (Å²) in [6.07, 6.45) is 0. The highest BCUT2D eigenvalue weighted by Gasteiger charge is 2.12. The second-order valence-electron chi connectivity index (χ2n) is 3.66. The van der Waals surface area contributed by atoms with Crippen LogP contribution in [0.15, 0.2) is 48.5 Å². The van der Waals surface area contributed by atoms with Crippen LogP contribution in [0.25, 0.3) is 11.1 Å². The smallest absolute Gasteiger partial charge is 0.308 e. The Morgan fingerprint density at radius 1 is 0.944 bits per heavy atom. The number of hydrogen-bond donors (Lipinski definition) is 0. The van der Waals surface area contributed by atoms with E-state index in [0.29, 0.717) is 11.5 Å². The molecule has 18 heavy (non-hydrogen) atoms. The fourth-order valence-electron chi connectivity index (χ4n) is 1.69. The normalized spacial score (nSPS) is 9.89. The average molecular weight is 263 g/mol. The van der Waals surface area contributed by atoms with Gasteiger partial charge in [-0.1, -0.05) is 36.4 Å². The molecule has 0 saturated heterocycles. The largest absolute Gasteiger partial charge is 0.426 e. The van der Waals surface area contributed by atoms with Gasteiger partial charge < -0.3 is 9.03 Å². The van der Waals surface area contributed by atoms with Crippen molar-refractivity contribution >= 4 is 17.8 Å². The maximum absolute atomic E-state index is 11.1. The fourth-order valence-corrected chi connectivity index (χ4v) is 1.82. The molecule has 0 spiro atoms. The van der Waals surface area contributed by atoms with Crippen molar-refractivity contribution < 1.29 is 13.8 Å². The summed E-state index contributed by atoms with van der Waals surface area (Å²) in [6.45, 7) is 1.36. The molecule has 0 aliphatic rings. The number of rotatable bonds is 3. The van der Waals surface area contributed by atoms with Crippen molar-refractivity contribution in [3.63, 3.8) is 0 Å². The van der Waals surface area contributed by atoms with E-state index < -0.39 is 0 Å². The zero-order valence-corrected chi connectivity index (χ0v) is 10.5. The minimum atomic E-state index is -0.369. The Bertz CT molecular complexity index is 566. The quantitative estimate of drug-likeness (QED) is 0.623. The molecule has 0 aliphatic carbocycles. The van der Waals surface area contributed by atoms with Crippen LogP contribution in [0.1, 0.15) is 6.92 Å². The van der Waals surface area contributed by atoms with Crippen molar-refractivity contribution in [1.29, 1.82) is 0 Å². The maximum Gasteiger partial charge on any atom is 0.308 e. The summed E-state index contributed by atoms with van der Waals surface area (Å²) in [7, 11) is 0. The van der Waals surface area contributed by atoms with Crippen LogP contribution in [0.4, 0.5) is 0 Å². The molecule has 0 radical (unpaired) electrons. The second kappa shape index (κ2) is 5.56. The van der Waals surface area contributed by atoms with E-state index >= 15 is 0 Å². The first-order chi connectivity index (χ1) is 8.72. The van der Waals surface area contributed by atoms with E-state index in [1.54, 1.807) is 18.2 Å². The van der Waals surface area contributed by atoms with Crippen LogP contribution in [-0.2, 0) is 4.79 Å². The fraction of sp³-hybridized carbons (Fsp3) is 0.0714. The molecule has 0 saturated carbocycles. The van der Waals surface area contributed by atoms with Crippen molar-refractivity contribution in [1.82, 2.24) is 0 Å². The lowest BCUT2D eigenvalue weighted by atomic mass is 10.0. The van der Waals surface area contributed by atoms with E-state index in [2.05, 4.69) is 0 Å². The molecule has 0 unspecified atom stereocenters. The van der Waals surface area contributed by atoms with E-state index in [4.69, 9.17) is 20.9 Å². The van der Waals surface area contributed by atoms with Crippen molar-refractivity contribution in [2.75, 3.05) is 0 Å². The zero-order valence-electron chi connectivity index (χ0n) is 9.72. The number of carbonyl (C=O) groups excluding carboxylic acids is 1. The van der Waals surface area contributed by atoms with Gasteiger partial charge in [0.2, 0.25) is 0 Å². The summed E-state index contributed by atoms with van der Waals surface area (Å²) in [6, 6.07) is 14.5. The number of esters is 1. The van der Waals surface area contributed by atoms with Crippen LogP contribution in [0.3, 0.4) is 0 Å². The third kappa shape index (κ3) is 2.63. The molecular weight excluding hydrogens is 252 g/mol. The Labute approximate surface area is 110 Å². The molecule has 4 heteroatoms. The number of para-hydroxylation sites is 2. The Morgan fingerprint density at radius 3 is 2.00 bits per heavy atom. The Balaban J connectivity index is 2.53. The van der Waals surface area contributed by atoms with Crippen LogP contribution in [0, 0.1) is 0 Å². The van der Waals surface area contributed by atoms with Crippen molar-refractivity contribution in [2.24, 2.45) is 0 Å². The Morgan fingerprint density at radius 2 is 1.44 bits per heavy atom. The van der Waals surface area contributed by atoms with Crippen LogP contribution in [0.5, 0.6) is 11.5 Å². The lowest BCUT2D eigenvalue weighted by molar-refractivity contribution is -0.131. The van der Waals surface area contributed by atoms with Gasteiger partial charge in [-0.2, -0.15) is 0 Å². The number of halogens is 1. The summed E-state index contributed by atoms with van der Waals surface area (Å²) < 4.78 is 9.95. The summed E-state index contributed by atoms with van der Waals surface area (Å²) >= 11 is 5.43. The highest BCUT2D eigenvalue weighted by molar-refractivity contribution is 6.09. The van der Waals surface area contributed by atoms with Gasteiger partial charge in [0.1, 0.15) is 17.6 Å². The van der Waals surface area contributed by atoms with Crippen molar-refractivity contribution in [3.05, 3.63) is 48.5 Å². The van der Waals surface area contributed by atoms with Gasteiger partial charge in [-0.25, -0.2) is 0 Å². The molecule has 2 aromatic carbocycles. The molecule has 0 bridgehead atoms. The first kappa shape index (κ1) is 12.5. The molecule has 2 aromatic rings. The third-order valence-electron chi connectivity index (χ3n) is 2.40. The molecule has 0 heterocycles. The minimum Gasteiger partial charge on any atom is -0.426 e. The molecule has 0 amide bonds. The SMILES string of the molecule is CC(=O)Oc1ccccc1-c1ccccc1OCl. The number of ether oxygens (including phenoxy) is 1. The second-order valence-corrected chi connectivity index (χ2v) is 3.82. The van der Waals surface area contributed by atoms with Crippen LogP contribution in [0.2, 0.25) is 0 Å². The van der Waals surface area contributed by atoms with Gasteiger partial charge in [0.15, 0.2) is 5.75 Å². The summed E-state index contributed by atoms with van der Waals surface area (Å²) in [5.41, 5.74) is 1.52. The van der Waals surface area contributed by atoms with E-state index in [1.807, 2.05) is 30.3 Å². The number of hydrogen-bond acceptors (Lipinski definition) is 3. The van der Waals surface area contributed by atoms with Gasteiger partial charge in [-0.15, -0.1) is 0 Å². The van der Waals surface area contributed by atoms with Crippen molar-refractivity contribution in [3.8, 4) is 22.6 Å². The van der Waals surface area contributed by atoms with Crippen molar-refractivity contribution in [2.45, 2.75) is 6.92 Å². The molecular formula is C14H11ClO3. The van der Waals surface area contributed by atoms with Gasteiger partial charge in [-0.05, 0) is 12.1 Å². The summed E-state index contributed by atoms with van der Waals surface area (Å²) in [4.78, 5) is 11.1. The average Bonchev–Trinajstić information content (AvgIpc) is 2.39. The molecule has 3 nitrogen and oxygen atoms in total. The topological polar surface area (TPSA) is 35.5 Å².